The Hall–Kier alpha value is -1.11. The van der Waals surface area contributed by atoms with Gasteiger partial charge in [-0.25, -0.2) is 4.98 Å². The topological polar surface area (TPSA) is 81.2 Å². The first-order chi connectivity index (χ1) is 9.60. The highest BCUT2D eigenvalue weighted by atomic mass is 35.5. The summed E-state index contributed by atoms with van der Waals surface area (Å²) in [7, 11) is 0. The molecule has 0 spiro atoms. The lowest BCUT2D eigenvalue weighted by Gasteiger charge is -2.31. The highest BCUT2D eigenvalue weighted by Crippen LogP contribution is 2.16. The van der Waals surface area contributed by atoms with Crippen LogP contribution in [0.15, 0.2) is 4.79 Å². The molecule has 2 heterocycles. The maximum Gasteiger partial charge on any atom is 0.271 e. The summed E-state index contributed by atoms with van der Waals surface area (Å²) < 4.78 is 0. The number of H-pyrrole nitrogens is 1. The lowest BCUT2D eigenvalue weighted by Crippen LogP contribution is -2.39. The third-order valence-electron chi connectivity index (χ3n) is 3.56. The van der Waals surface area contributed by atoms with Crippen LogP contribution >= 0.6 is 11.6 Å². The molecule has 1 aromatic heterocycles. The fourth-order valence-corrected chi connectivity index (χ4v) is 2.68. The number of aliphatic hydroxyl groups is 1. The van der Waals surface area contributed by atoms with Gasteiger partial charge in [-0.05, 0) is 32.2 Å². The van der Waals surface area contributed by atoms with Gasteiger partial charge in [0.05, 0.1) is 0 Å². The second kappa shape index (κ2) is 7.06. The van der Waals surface area contributed by atoms with Crippen molar-refractivity contribution >= 4 is 17.4 Å². The fraction of sp³-hybridized carbons (Fsp3) is 0.692. The highest BCUT2D eigenvalue weighted by Gasteiger charge is 2.18. The minimum atomic E-state index is -0.319. The Morgan fingerprint density at radius 3 is 3.15 bits per heavy atom. The molecule has 6 nitrogen and oxygen atoms in total. The smallest absolute Gasteiger partial charge is 0.271 e. The summed E-state index contributed by atoms with van der Waals surface area (Å²) in [6, 6.07) is 0. The molecule has 0 aliphatic carbocycles. The molecule has 1 saturated heterocycles. The lowest BCUT2D eigenvalue weighted by molar-refractivity contribution is 0.123. The summed E-state index contributed by atoms with van der Waals surface area (Å²) in [4.78, 5) is 20.6. The van der Waals surface area contributed by atoms with E-state index in [9.17, 15) is 9.90 Å². The van der Waals surface area contributed by atoms with Crippen LogP contribution in [0.4, 0.5) is 5.82 Å². The van der Waals surface area contributed by atoms with Crippen LogP contribution in [-0.4, -0.2) is 52.8 Å². The van der Waals surface area contributed by atoms with Crippen LogP contribution in [0, 0.1) is 12.8 Å². The molecule has 1 unspecified atom stereocenters. The number of nitrogens with zero attached hydrogens (tertiary/aromatic N) is 2. The lowest BCUT2D eigenvalue weighted by atomic mass is 9.99. The number of aliphatic hydroxyl groups excluding tert-OH is 1. The summed E-state index contributed by atoms with van der Waals surface area (Å²) in [5, 5.41) is 12.4. The van der Waals surface area contributed by atoms with Crippen LogP contribution in [0.3, 0.4) is 0 Å². The van der Waals surface area contributed by atoms with E-state index >= 15 is 0 Å². The number of anilines is 1. The van der Waals surface area contributed by atoms with E-state index in [0.29, 0.717) is 24.1 Å². The minimum Gasteiger partial charge on any atom is -0.396 e. The van der Waals surface area contributed by atoms with Gasteiger partial charge < -0.3 is 20.3 Å². The van der Waals surface area contributed by atoms with Gasteiger partial charge in [-0.1, -0.05) is 11.6 Å². The van der Waals surface area contributed by atoms with Gasteiger partial charge in [-0.3, -0.25) is 4.79 Å². The van der Waals surface area contributed by atoms with Gasteiger partial charge in [0.2, 0.25) is 0 Å². The van der Waals surface area contributed by atoms with Gasteiger partial charge in [-0.2, -0.15) is 0 Å². The van der Waals surface area contributed by atoms with Crippen LogP contribution in [0.25, 0.3) is 0 Å². The predicted molar refractivity (Wildman–Crippen MR) is 79.3 cm³/mol. The van der Waals surface area contributed by atoms with E-state index in [1.54, 1.807) is 6.92 Å². The molecule has 112 valence electrons. The van der Waals surface area contributed by atoms with Gasteiger partial charge in [0.25, 0.3) is 5.56 Å². The molecule has 0 saturated carbocycles. The molecule has 1 atom stereocenters. The van der Waals surface area contributed by atoms with Gasteiger partial charge in [0.15, 0.2) is 5.82 Å². The molecule has 1 aliphatic rings. The van der Waals surface area contributed by atoms with Crippen LogP contribution in [0.2, 0.25) is 5.02 Å². The second-order valence-electron chi connectivity index (χ2n) is 5.23. The van der Waals surface area contributed by atoms with Crippen LogP contribution in [0.5, 0.6) is 0 Å². The number of nitrogens with one attached hydrogen (secondary N) is 2. The summed E-state index contributed by atoms with van der Waals surface area (Å²) in [5.74, 6) is 1.36. The Kier molecular flexibility index (Phi) is 5.39. The summed E-state index contributed by atoms with van der Waals surface area (Å²) in [6.45, 7) is 5.47. The zero-order valence-corrected chi connectivity index (χ0v) is 12.4. The van der Waals surface area contributed by atoms with Crippen molar-refractivity contribution in [2.75, 3.05) is 38.1 Å². The van der Waals surface area contributed by atoms with E-state index in [0.717, 1.165) is 32.5 Å². The maximum atomic E-state index is 11.5. The van der Waals surface area contributed by atoms with E-state index in [1.165, 1.54) is 0 Å². The van der Waals surface area contributed by atoms with Crippen molar-refractivity contribution in [1.29, 1.82) is 0 Å². The highest BCUT2D eigenvalue weighted by molar-refractivity contribution is 6.32. The average Bonchev–Trinajstić information content (AvgIpc) is 2.44. The SMILES string of the molecule is Cc1nc(NCCN2CCCC(CO)C2)c(Cl)c(=O)[nH]1. The molecular weight excluding hydrogens is 280 g/mol. The second-order valence-corrected chi connectivity index (χ2v) is 5.61. The Morgan fingerprint density at radius 1 is 1.60 bits per heavy atom. The average molecular weight is 301 g/mol. The largest absolute Gasteiger partial charge is 0.396 e. The third kappa shape index (κ3) is 3.94. The number of aromatic nitrogens is 2. The van der Waals surface area contributed by atoms with Gasteiger partial charge in [0.1, 0.15) is 10.8 Å². The number of aromatic amines is 1. The van der Waals surface area contributed by atoms with Crippen molar-refractivity contribution in [3.8, 4) is 0 Å². The van der Waals surface area contributed by atoms with Crippen molar-refractivity contribution in [2.24, 2.45) is 5.92 Å². The van der Waals surface area contributed by atoms with Gasteiger partial charge in [0, 0.05) is 26.2 Å². The molecule has 0 radical (unpaired) electrons. The normalized spacial score (nSPS) is 20.1. The molecule has 0 amide bonds. The molecular formula is C13H21ClN4O2. The predicted octanol–water partition coefficient (Wildman–Crippen LogP) is 0.848. The number of hydrogen-bond donors (Lipinski definition) is 3. The van der Waals surface area contributed by atoms with Crippen molar-refractivity contribution in [1.82, 2.24) is 14.9 Å². The number of rotatable bonds is 5. The minimum absolute atomic E-state index is 0.0995. The quantitative estimate of drug-likeness (QED) is 0.751. The van der Waals surface area contributed by atoms with Crippen molar-refractivity contribution in [2.45, 2.75) is 19.8 Å². The van der Waals surface area contributed by atoms with Crippen LogP contribution in [0.1, 0.15) is 18.7 Å². The molecule has 7 heteroatoms. The summed E-state index contributed by atoms with van der Waals surface area (Å²) >= 11 is 5.92. The summed E-state index contributed by atoms with van der Waals surface area (Å²) in [5.41, 5.74) is -0.319. The van der Waals surface area contributed by atoms with Crippen LogP contribution < -0.4 is 10.9 Å². The monoisotopic (exact) mass is 300 g/mol. The Bertz CT molecular complexity index is 506. The molecule has 3 N–H and O–H groups in total. The molecule has 1 fully saturated rings. The Labute approximate surface area is 123 Å². The van der Waals surface area contributed by atoms with E-state index in [4.69, 9.17) is 11.6 Å². The Morgan fingerprint density at radius 2 is 2.40 bits per heavy atom. The standard InChI is InChI=1S/C13H21ClN4O2/c1-9-16-12(11(14)13(20)17-9)15-4-6-18-5-2-3-10(7-18)8-19/h10,19H,2-8H2,1H3,(H2,15,16,17,20). The third-order valence-corrected chi connectivity index (χ3v) is 3.91. The first-order valence-corrected chi connectivity index (χ1v) is 7.31. The first kappa shape index (κ1) is 15.3. The first-order valence-electron chi connectivity index (χ1n) is 6.93. The Balaban J connectivity index is 1.85. The van der Waals surface area contributed by atoms with E-state index in [2.05, 4.69) is 20.2 Å². The zero-order valence-electron chi connectivity index (χ0n) is 11.7. The summed E-state index contributed by atoms with van der Waals surface area (Å²) in [6.07, 6.45) is 2.22. The van der Waals surface area contributed by atoms with E-state index in [1.807, 2.05) is 0 Å². The molecule has 2 rings (SSSR count). The number of halogens is 1. The van der Waals surface area contributed by atoms with Gasteiger partial charge >= 0.3 is 0 Å². The number of likely N-dealkylation sites (tertiary alicyclic amines) is 1. The van der Waals surface area contributed by atoms with Gasteiger partial charge in [-0.15, -0.1) is 0 Å². The molecule has 1 aliphatic heterocycles. The number of piperidine rings is 1. The van der Waals surface area contributed by atoms with Crippen molar-refractivity contribution in [3.05, 3.63) is 21.2 Å². The number of aryl methyl sites for hydroxylation is 1. The van der Waals surface area contributed by atoms with Crippen molar-refractivity contribution in [3.63, 3.8) is 0 Å². The molecule has 0 bridgehead atoms. The molecule has 0 aromatic carbocycles. The number of hydrogen-bond acceptors (Lipinski definition) is 5. The van der Waals surface area contributed by atoms with E-state index < -0.39 is 0 Å². The zero-order chi connectivity index (χ0) is 14.5. The molecule has 1 aromatic rings. The maximum absolute atomic E-state index is 11.5. The molecule has 20 heavy (non-hydrogen) atoms. The van der Waals surface area contributed by atoms with Crippen LogP contribution in [-0.2, 0) is 0 Å². The fourth-order valence-electron chi connectivity index (χ4n) is 2.52. The van der Waals surface area contributed by atoms with E-state index in [-0.39, 0.29) is 17.2 Å². The van der Waals surface area contributed by atoms with Crippen molar-refractivity contribution < 1.29 is 5.11 Å².